The molecule has 2 fully saturated rings. The van der Waals surface area contributed by atoms with Gasteiger partial charge < -0.3 is 20.5 Å². The molecule has 26 heavy (non-hydrogen) atoms. The number of esters is 1. The second kappa shape index (κ2) is 7.97. The summed E-state index contributed by atoms with van der Waals surface area (Å²) in [7, 11) is 0. The first-order chi connectivity index (χ1) is 12.6. The zero-order chi connectivity index (χ0) is 18.5. The Labute approximate surface area is 151 Å². The van der Waals surface area contributed by atoms with Crippen LogP contribution in [0.1, 0.15) is 23.7 Å². The number of carbonyl (C=O) groups is 2. The maximum absolute atomic E-state index is 11.8. The van der Waals surface area contributed by atoms with Gasteiger partial charge >= 0.3 is 5.97 Å². The van der Waals surface area contributed by atoms with Crippen LogP contribution in [0.25, 0.3) is 5.57 Å². The lowest BCUT2D eigenvalue weighted by Gasteiger charge is -2.26. The minimum absolute atomic E-state index is 0.00519. The van der Waals surface area contributed by atoms with Crippen LogP contribution in [0.2, 0.25) is 0 Å². The fourth-order valence-corrected chi connectivity index (χ4v) is 2.80. The van der Waals surface area contributed by atoms with Crippen molar-refractivity contribution in [3.63, 3.8) is 0 Å². The van der Waals surface area contributed by atoms with Crippen LogP contribution < -0.4 is 11.1 Å². The molecular weight excluding hydrogens is 334 g/mol. The first kappa shape index (κ1) is 17.9. The molecule has 0 bridgehead atoms. The molecule has 7 nitrogen and oxygen atoms in total. The van der Waals surface area contributed by atoms with Crippen LogP contribution in [0.4, 0.5) is 0 Å². The first-order valence-electron chi connectivity index (χ1n) is 8.35. The Balaban J connectivity index is 1.70. The zero-order valence-electron chi connectivity index (χ0n) is 14.3. The molecule has 136 valence electrons. The van der Waals surface area contributed by atoms with Crippen molar-refractivity contribution < 1.29 is 19.1 Å². The summed E-state index contributed by atoms with van der Waals surface area (Å²) in [5, 5.41) is 2.82. The van der Waals surface area contributed by atoms with Crippen LogP contribution in [-0.4, -0.2) is 43.9 Å². The quantitative estimate of drug-likeness (QED) is 0.452. The summed E-state index contributed by atoms with van der Waals surface area (Å²) in [4.78, 5) is 27.6. The highest BCUT2D eigenvalue weighted by Gasteiger charge is 2.30. The van der Waals surface area contributed by atoms with Gasteiger partial charge in [-0.3, -0.25) is 9.79 Å². The third-order valence-corrected chi connectivity index (χ3v) is 4.24. The van der Waals surface area contributed by atoms with Crippen LogP contribution in [-0.2, 0) is 19.1 Å². The topological polar surface area (TPSA) is 103 Å². The molecule has 3 rings (SSSR count). The molecular formula is C19H21N3O4. The van der Waals surface area contributed by atoms with E-state index in [-0.39, 0.29) is 24.5 Å². The molecule has 1 aromatic rings. The molecule has 1 amide bonds. The SMILES string of the molecule is C=C1CC(c2ccccc2/C(C=NCC(=O)NC2COC2)=C/N)OC1=O. The predicted molar refractivity (Wildman–Crippen MR) is 97.3 cm³/mol. The van der Waals surface area contributed by atoms with E-state index in [1.165, 1.54) is 6.20 Å². The van der Waals surface area contributed by atoms with Gasteiger partial charge in [0.25, 0.3) is 0 Å². The number of hydrogen-bond donors (Lipinski definition) is 2. The Bertz CT molecular complexity index is 765. The average molecular weight is 355 g/mol. The smallest absolute Gasteiger partial charge is 0.334 e. The van der Waals surface area contributed by atoms with Crippen LogP contribution >= 0.6 is 0 Å². The molecule has 2 heterocycles. The number of ether oxygens (including phenoxy) is 2. The summed E-state index contributed by atoms with van der Waals surface area (Å²) in [6.45, 7) is 4.81. The number of amides is 1. The van der Waals surface area contributed by atoms with E-state index in [9.17, 15) is 9.59 Å². The number of benzene rings is 1. The monoisotopic (exact) mass is 355 g/mol. The number of allylic oxidation sites excluding steroid dienone is 1. The minimum atomic E-state index is -0.392. The van der Waals surface area contributed by atoms with Gasteiger partial charge in [-0.1, -0.05) is 30.8 Å². The summed E-state index contributed by atoms with van der Waals surface area (Å²) < 4.78 is 10.4. The Morgan fingerprint density at radius 3 is 2.77 bits per heavy atom. The average Bonchev–Trinajstić information content (AvgIpc) is 2.94. The van der Waals surface area contributed by atoms with Gasteiger partial charge in [0.1, 0.15) is 12.6 Å². The molecule has 1 aromatic carbocycles. The number of aliphatic imine (C=N–C) groups is 1. The van der Waals surface area contributed by atoms with Crippen molar-refractivity contribution in [3.05, 3.63) is 53.7 Å². The van der Waals surface area contributed by atoms with E-state index in [0.29, 0.717) is 30.8 Å². The van der Waals surface area contributed by atoms with Crippen molar-refractivity contribution in [2.75, 3.05) is 19.8 Å². The van der Waals surface area contributed by atoms with Crippen LogP contribution in [0.15, 0.2) is 47.6 Å². The van der Waals surface area contributed by atoms with Crippen LogP contribution in [0.3, 0.4) is 0 Å². The molecule has 0 radical (unpaired) electrons. The highest BCUT2D eigenvalue weighted by molar-refractivity contribution is 6.10. The third-order valence-electron chi connectivity index (χ3n) is 4.24. The van der Waals surface area contributed by atoms with E-state index in [2.05, 4.69) is 16.9 Å². The van der Waals surface area contributed by atoms with E-state index < -0.39 is 6.10 Å². The number of carbonyl (C=O) groups excluding carboxylic acids is 2. The van der Waals surface area contributed by atoms with E-state index in [4.69, 9.17) is 15.2 Å². The Morgan fingerprint density at radius 1 is 1.38 bits per heavy atom. The van der Waals surface area contributed by atoms with Gasteiger partial charge in [-0.15, -0.1) is 0 Å². The molecule has 0 aromatic heterocycles. The molecule has 3 N–H and O–H groups in total. The lowest BCUT2D eigenvalue weighted by Crippen LogP contribution is -2.49. The zero-order valence-corrected chi connectivity index (χ0v) is 14.3. The Morgan fingerprint density at radius 2 is 2.15 bits per heavy atom. The van der Waals surface area contributed by atoms with Gasteiger partial charge in [0.15, 0.2) is 0 Å². The standard InChI is InChI=1S/C19H21N3O4/c1-12-6-17(26-19(12)24)16-5-3-2-4-15(16)13(7-20)8-21-9-18(23)22-14-10-25-11-14/h2-5,7-8,14,17H,1,6,9-11,20H2,(H,22,23)/b13-7+,21-8?. The van der Waals surface area contributed by atoms with E-state index in [1.54, 1.807) is 6.21 Å². The second-order valence-electron chi connectivity index (χ2n) is 6.18. The van der Waals surface area contributed by atoms with Gasteiger partial charge in [-0.2, -0.15) is 0 Å². The van der Waals surface area contributed by atoms with Crippen LogP contribution in [0, 0.1) is 0 Å². The number of nitrogens with zero attached hydrogens (tertiary/aromatic N) is 1. The van der Waals surface area contributed by atoms with Crippen LogP contribution in [0.5, 0.6) is 0 Å². The molecule has 2 aliphatic heterocycles. The number of cyclic esters (lactones) is 1. The van der Waals surface area contributed by atoms with Crippen molar-refractivity contribution in [3.8, 4) is 0 Å². The van der Waals surface area contributed by atoms with Crippen molar-refractivity contribution in [2.24, 2.45) is 10.7 Å². The summed E-state index contributed by atoms with van der Waals surface area (Å²) >= 11 is 0. The van der Waals surface area contributed by atoms with Gasteiger partial charge in [0.2, 0.25) is 5.91 Å². The predicted octanol–water partition coefficient (Wildman–Crippen LogP) is 1.12. The number of nitrogens with two attached hydrogens (primary N) is 1. The normalized spacial score (nSPS) is 20.9. The van der Waals surface area contributed by atoms with E-state index in [1.807, 2.05) is 24.3 Å². The summed E-state index contributed by atoms with van der Waals surface area (Å²) in [5.74, 6) is -0.548. The molecule has 2 saturated heterocycles. The van der Waals surface area contributed by atoms with Gasteiger partial charge in [0, 0.05) is 35.5 Å². The summed E-state index contributed by atoms with van der Waals surface area (Å²) in [6, 6.07) is 7.57. The third kappa shape index (κ3) is 4.00. The number of hydrogen-bond acceptors (Lipinski definition) is 6. The van der Waals surface area contributed by atoms with Crippen molar-refractivity contribution in [1.82, 2.24) is 5.32 Å². The highest BCUT2D eigenvalue weighted by Crippen LogP contribution is 2.35. The molecule has 0 saturated carbocycles. The van der Waals surface area contributed by atoms with Crippen molar-refractivity contribution >= 4 is 23.7 Å². The van der Waals surface area contributed by atoms with Crippen molar-refractivity contribution in [1.29, 1.82) is 0 Å². The van der Waals surface area contributed by atoms with Gasteiger partial charge in [-0.05, 0) is 5.56 Å². The van der Waals surface area contributed by atoms with E-state index in [0.717, 1.165) is 11.1 Å². The Hall–Kier alpha value is -2.93. The van der Waals surface area contributed by atoms with Gasteiger partial charge in [0.05, 0.1) is 19.3 Å². The van der Waals surface area contributed by atoms with Gasteiger partial charge in [-0.25, -0.2) is 4.79 Å². The Kier molecular flexibility index (Phi) is 5.48. The lowest BCUT2D eigenvalue weighted by molar-refractivity contribution is -0.139. The second-order valence-corrected chi connectivity index (χ2v) is 6.18. The summed E-state index contributed by atoms with van der Waals surface area (Å²) in [5.41, 5.74) is 8.50. The number of rotatable bonds is 6. The molecule has 0 aliphatic carbocycles. The fourth-order valence-electron chi connectivity index (χ4n) is 2.80. The highest BCUT2D eigenvalue weighted by atomic mass is 16.5. The van der Waals surface area contributed by atoms with E-state index >= 15 is 0 Å². The fraction of sp³-hybridized carbons (Fsp3) is 0.316. The minimum Gasteiger partial charge on any atom is -0.454 e. The maximum atomic E-state index is 11.8. The lowest BCUT2D eigenvalue weighted by atomic mass is 9.95. The largest absolute Gasteiger partial charge is 0.454 e. The number of nitrogens with one attached hydrogen (secondary N) is 1. The molecule has 2 aliphatic rings. The molecule has 7 heteroatoms. The summed E-state index contributed by atoms with van der Waals surface area (Å²) in [6.07, 6.45) is 3.03. The molecule has 0 spiro atoms. The molecule has 1 unspecified atom stereocenters. The first-order valence-corrected chi connectivity index (χ1v) is 8.35. The van der Waals surface area contributed by atoms with Crippen molar-refractivity contribution in [2.45, 2.75) is 18.6 Å². The molecule has 1 atom stereocenters. The maximum Gasteiger partial charge on any atom is 0.334 e.